The summed E-state index contributed by atoms with van der Waals surface area (Å²) in [7, 11) is 1.97. The summed E-state index contributed by atoms with van der Waals surface area (Å²) in [6.07, 6.45) is 5.03. The molecular weight excluding hydrogens is 380 g/mol. The first-order chi connectivity index (χ1) is 14.6. The van der Waals surface area contributed by atoms with E-state index in [4.69, 9.17) is 0 Å². The monoisotopic (exact) mass is 398 g/mol. The number of carbonyl (C=O) groups is 1. The molecule has 0 bridgehead atoms. The zero-order valence-corrected chi connectivity index (χ0v) is 16.2. The van der Waals surface area contributed by atoms with Gasteiger partial charge in [0, 0.05) is 24.1 Å². The number of nitrogens with zero attached hydrogens (tertiary/aromatic N) is 4. The molecule has 30 heavy (non-hydrogen) atoms. The molecule has 5 rings (SSSR count). The Balaban J connectivity index is 1.48. The van der Waals surface area contributed by atoms with Crippen LogP contribution >= 0.6 is 0 Å². The van der Waals surface area contributed by atoms with E-state index >= 15 is 0 Å². The summed E-state index contributed by atoms with van der Waals surface area (Å²) in [4.78, 5) is 31.6. The van der Waals surface area contributed by atoms with E-state index in [0.29, 0.717) is 22.4 Å². The van der Waals surface area contributed by atoms with Crippen LogP contribution in [0, 0.1) is 0 Å². The molecule has 0 saturated heterocycles. The number of amides is 1. The van der Waals surface area contributed by atoms with Crippen molar-refractivity contribution >= 4 is 33.5 Å². The fourth-order valence-electron chi connectivity index (χ4n) is 3.73. The molecule has 3 heterocycles. The van der Waals surface area contributed by atoms with Gasteiger partial charge in [-0.3, -0.25) is 9.59 Å². The molecule has 0 unspecified atom stereocenters. The minimum Gasteiger partial charge on any atom is -0.350 e. The lowest BCUT2D eigenvalue weighted by atomic mass is 10.1. The fraction of sp³-hybridized carbons (Fsp3) is 0.0909. The molecule has 0 saturated carbocycles. The van der Waals surface area contributed by atoms with Crippen molar-refractivity contribution < 1.29 is 4.79 Å². The third kappa shape index (κ3) is 2.95. The molecule has 0 radical (unpaired) electrons. The van der Waals surface area contributed by atoms with Gasteiger partial charge in [-0.05, 0) is 23.8 Å². The molecule has 0 fully saturated rings. The average molecular weight is 398 g/mol. The summed E-state index contributed by atoms with van der Waals surface area (Å²) < 4.78 is 3.57. The van der Waals surface area contributed by atoms with Crippen LogP contribution in [0.25, 0.3) is 27.6 Å². The summed E-state index contributed by atoms with van der Waals surface area (Å²) in [5, 5.41) is 8.72. The second kappa shape index (κ2) is 7.00. The van der Waals surface area contributed by atoms with Crippen LogP contribution in [0.1, 0.15) is 5.56 Å². The maximum absolute atomic E-state index is 12.9. The van der Waals surface area contributed by atoms with E-state index in [2.05, 4.69) is 20.4 Å². The number of fused-ring (bicyclic) bond motifs is 2. The smallest absolute Gasteiger partial charge is 0.261 e. The lowest BCUT2D eigenvalue weighted by Crippen LogP contribution is -2.16. The van der Waals surface area contributed by atoms with Crippen molar-refractivity contribution in [1.29, 1.82) is 0 Å². The van der Waals surface area contributed by atoms with Gasteiger partial charge in [-0.25, -0.2) is 9.67 Å². The zero-order chi connectivity index (χ0) is 20.7. The minimum absolute atomic E-state index is 0.138. The molecule has 0 aliphatic rings. The van der Waals surface area contributed by atoms with Gasteiger partial charge in [-0.1, -0.05) is 30.3 Å². The Morgan fingerprint density at radius 1 is 1.10 bits per heavy atom. The highest BCUT2D eigenvalue weighted by Crippen LogP contribution is 2.24. The van der Waals surface area contributed by atoms with Crippen molar-refractivity contribution in [2.24, 2.45) is 7.05 Å². The topological polar surface area (TPSA) is 97.6 Å². The first kappa shape index (κ1) is 17.9. The SMILES string of the molecule is Cn1cc(CC(=O)Nc2ccccc2-n2ncc3c(=O)[nH]cnc32)c2ccccc21. The molecule has 0 atom stereocenters. The molecule has 2 aromatic carbocycles. The Kier molecular flexibility index (Phi) is 4.17. The summed E-state index contributed by atoms with van der Waals surface area (Å²) in [6.45, 7) is 0. The van der Waals surface area contributed by atoms with Gasteiger partial charge in [0.1, 0.15) is 5.39 Å². The van der Waals surface area contributed by atoms with Gasteiger partial charge < -0.3 is 14.9 Å². The number of hydrogen-bond donors (Lipinski definition) is 2. The third-order valence-electron chi connectivity index (χ3n) is 5.11. The molecule has 8 nitrogen and oxygen atoms in total. The summed E-state index contributed by atoms with van der Waals surface area (Å²) in [5.41, 5.74) is 3.44. The highest BCUT2D eigenvalue weighted by Gasteiger charge is 2.15. The molecule has 148 valence electrons. The van der Waals surface area contributed by atoms with Crippen LogP contribution in [0.3, 0.4) is 0 Å². The van der Waals surface area contributed by atoms with Gasteiger partial charge in [0.15, 0.2) is 5.65 Å². The van der Waals surface area contributed by atoms with E-state index in [-0.39, 0.29) is 17.9 Å². The quantitative estimate of drug-likeness (QED) is 0.486. The first-order valence-electron chi connectivity index (χ1n) is 9.45. The van der Waals surface area contributed by atoms with Crippen molar-refractivity contribution in [3.8, 4) is 5.69 Å². The molecule has 0 spiro atoms. The number of hydrogen-bond acceptors (Lipinski definition) is 4. The number of aromatic amines is 1. The number of para-hydroxylation sites is 3. The number of benzene rings is 2. The van der Waals surface area contributed by atoms with Crippen LogP contribution in [-0.4, -0.2) is 30.2 Å². The Labute approximate surface area is 170 Å². The highest BCUT2D eigenvalue weighted by molar-refractivity contribution is 5.97. The number of nitrogens with one attached hydrogen (secondary N) is 2. The number of rotatable bonds is 4. The van der Waals surface area contributed by atoms with E-state index in [0.717, 1.165) is 16.5 Å². The van der Waals surface area contributed by atoms with E-state index in [1.165, 1.54) is 12.5 Å². The fourth-order valence-corrected chi connectivity index (χ4v) is 3.73. The first-order valence-corrected chi connectivity index (χ1v) is 9.45. The summed E-state index contributed by atoms with van der Waals surface area (Å²) in [5.74, 6) is -0.138. The molecule has 2 N–H and O–H groups in total. The lowest BCUT2D eigenvalue weighted by molar-refractivity contribution is -0.115. The van der Waals surface area contributed by atoms with Crippen molar-refractivity contribution in [1.82, 2.24) is 24.3 Å². The predicted molar refractivity (Wildman–Crippen MR) is 115 cm³/mol. The Morgan fingerprint density at radius 3 is 2.80 bits per heavy atom. The van der Waals surface area contributed by atoms with E-state index < -0.39 is 0 Å². The number of carbonyl (C=O) groups excluding carboxylic acids is 1. The average Bonchev–Trinajstić information content (AvgIpc) is 3.31. The van der Waals surface area contributed by atoms with Gasteiger partial charge in [0.2, 0.25) is 5.91 Å². The Bertz CT molecular complexity index is 1460. The van der Waals surface area contributed by atoms with Gasteiger partial charge in [-0.15, -0.1) is 0 Å². The van der Waals surface area contributed by atoms with Crippen LogP contribution in [0.2, 0.25) is 0 Å². The van der Waals surface area contributed by atoms with E-state index in [1.54, 1.807) is 10.7 Å². The maximum Gasteiger partial charge on any atom is 0.261 e. The van der Waals surface area contributed by atoms with Crippen LogP contribution in [0.15, 0.2) is 72.0 Å². The summed E-state index contributed by atoms with van der Waals surface area (Å²) in [6, 6.07) is 15.3. The molecule has 3 aromatic heterocycles. The molecule has 5 aromatic rings. The van der Waals surface area contributed by atoms with Crippen molar-refractivity contribution in [2.75, 3.05) is 5.32 Å². The standard InChI is InChI=1S/C22H18N6O2/c1-27-12-14(15-6-2-4-8-18(15)27)10-20(29)26-17-7-3-5-9-19(17)28-21-16(11-25-28)22(30)24-13-23-21/h2-9,11-13H,10H2,1H3,(H,26,29)(H,23,24,30). The minimum atomic E-state index is -0.260. The van der Waals surface area contributed by atoms with Crippen LogP contribution in [-0.2, 0) is 18.3 Å². The molecule has 0 aliphatic carbocycles. The van der Waals surface area contributed by atoms with Gasteiger partial charge in [0.25, 0.3) is 5.56 Å². The Hall–Kier alpha value is -4.20. The second-order valence-electron chi connectivity index (χ2n) is 7.05. The van der Waals surface area contributed by atoms with Gasteiger partial charge in [-0.2, -0.15) is 5.10 Å². The van der Waals surface area contributed by atoms with E-state index in [1.807, 2.05) is 60.3 Å². The molecule has 1 amide bonds. The van der Waals surface area contributed by atoms with E-state index in [9.17, 15) is 9.59 Å². The summed E-state index contributed by atoms with van der Waals surface area (Å²) >= 11 is 0. The normalized spacial score (nSPS) is 11.2. The van der Waals surface area contributed by atoms with Crippen LogP contribution < -0.4 is 10.9 Å². The number of anilines is 1. The number of aromatic nitrogens is 5. The van der Waals surface area contributed by atoms with Crippen molar-refractivity contribution in [2.45, 2.75) is 6.42 Å². The van der Waals surface area contributed by atoms with Gasteiger partial charge >= 0.3 is 0 Å². The van der Waals surface area contributed by atoms with Crippen molar-refractivity contribution in [3.05, 3.63) is 83.2 Å². The predicted octanol–water partition coefficient (Wildman–Crippen LogP) is 2.78. The second-order valence-corrected chi connectivity index (χ2v) is 7.05. The molecule has 0 aliphatic heterocycles. The van der Waals surface area contributed by atoms with Crippen molar-refractivity contribution in [3.63, 3.8) is 0 Å². The zero-order valence-electron chi connectivity index (χ0n) is 16.2. The maximum atomic E-state index is 12.9. The third-order valence-corrected chi connectivity index (χ3v) is 5.11. The van der Waals surface area contributed by atoms with Crippen LogP contribution in [0.4, 0.5) is 5.69 Å². The molecule has 8 heteroatoms. The molecular formula is C22H18N6O2. The highest BCUT2D eigenvalue weighted by atomic mass is 16.1. The van der Waals surface area contributed by atoms with Gasteiger partial charge in [0.05, 0.1) is 30.3 Å². The lowest BCUT2D eigenvalue weighted by Gasteiger charge is -2.11. The number of aryl methyl sites for hydroxylation is 1. The largest absolute Gasteiger partial charge is 0.350 e. The van der Waals surface area contributed by atoms with Crippen LogP contribution in [0.5, 0.6) is 0 Å². The Morgan fingerprint density at radius 2 is 1.90 bits per heavy atom. The number of H-pyrrole nitrogens is 1.